The molecule has 25 heteroatoms. The van der Waals surface area contributed by atoms with Gasteiger partial charge in [0.15, 0.2) is 0 Å². The van der Waals surface area contributed by atoms with Gasteiger partial charge in [-0.2, -0.15) is 39.5 Å². The summed E-state index contributed by atoms with van der Waals surface area (Å²) in [7, 11) is 3.99. The van der Waals surface area contributed by atoms with Gasteiger partial charge in [0.1, 0.15) is 0 Å². The van der Waals surface area contributed by atoms with E-state index >= 15 is 0 Å². The van der Waals surface area contributed by atoms with E-state index in [4.69, 9.17) is 5.11 Å². The molecule has 0 spiro atoms. The fourth-order valence-electron chi connectivity index (χ4n) is 11.4. The molecule has 8 bridgehead atoms. The van der Waals surface area contributed by atoms with Crippen LogP contribution in [0.15, 0.2) is 36.5 Å². The van der Waals surface area contributed by atoms with Crippen molar-refractivity contribution in [2.24, 2.45) is 47.3 Å². The van der Waals surface area contributed by atoms with Gasteiger partial charge < -0.3 is 29.5 Å². The first-order chi connectivity index (χ1) is 31.2. The zero-order chi connectivity index (χ0) is 53.6. The predicted molar refractivity (Wildman–Crippen MR) is 218 cm³/mol. The number of aliphatic hydroxyl groups is 3. The Hall–Kier alpha value is -3.19. The fourth-order valence-corrected chi connectivity index (χ4v) is 13.2. The van der Waals surface area contributed by atoms with Crippen molar-refractivity contribution in [3.05, 3.63) is 36.5 Å². The minimum atomic E-state index is -5.26. The Bertz CT molecular complexity index is 1850. The van der Waals surface area contributed by atoms with E-state index in [1.54, 1.807) is 20.8 Å². The van der Waals surface area contributed by atoms with Crippen molar-refractivity contribution in [1.82, 2.24) is 0 Å². The first-order valence-corrected chi connectivity index (χ1v) is 22.5. The average molecular weight is 1050 g/mol. The summed E-state index contributed by atoms with van der Waals surface area (Å²) in [4.78, 5) is 30.6. The van der Waals surface area contributed by atoms with Crippen LogP contribution in [-0.2, 0) is 28.6 Å². The van der Waals surface area contributed by atoms with Gasteiger partial charge in [0.05, 0.1) is 26.6 Å². The van der Waals surface area contributed by atoms with Crippen LogP contribution in [0.25, 0.3) is 0 Å². The highest BCUT2D eigenvalue weighted by atomic mass is 32.2. The molecular weight excluding hydrogens is 990 g/mol. The van der Waals surface area contributed by atoms with Gasteiger partial charge in [0.25, 0.3) is 17.8 Å². The summed E-state index contributed by atoms with van der Waals surface area (Å²) >= 11 is 0.552. The number of thioether (sulfide) groups is 1. The third-order valence-electron chi connectivity index (χ3n) is 14.6. The largest absolute Gasteiger partial charge is 0.466 e. The summed E-state index contributed by atoms with van der Waals surface area (Å²) in [5.41, 5.74) is -10.1. The van der Waals surface area contributed by atoms with Gasteiger partial charge in [-0.25, -0.2) is 40.7 Å². The Morgan fingerprint density at radius 2 is 0.826 bits per heavy atom. The van der Waals surface area contributed by atoms with Crippen LogP contribution < -0.4 is 0 Å². The Balaban J connectivity index is 0.000000231. The van der Waals surface area contributed by atoms with E-state index in [0.717, 1.165) is 19.3 Å². The molecule has 9 fully saturated rings. The van der Waals surface area contributed by atoms with Crippen LogP contribution in [0.2, 0.25) is 0 Å². The monoisotopic (exact) mass is 1050 g/mol. The maximum Gasteiger partial charge on any atom is 0.424 e. The van der Waals surface area contributed by atoms with Crippen molar-refractivity contribution in [3.8, 4) is 0 Å². The lowest BCUT2D eigenvalue weighted by molar-refractivity contribution is -0.385. The molecule has 0 aromatic heterocycles. The van der Waals surface area contributed by atoms with Gasteiger partial charge in [0.2, 0.25) is 16.8 Å². The van der Waals surface area contributed by atoms with Crippen molar-refractivity contribution in [2.45, 2.75) is 149 Å². The molecule has 11 atom stereocenters. The Labute approximate surface area is 392 Å². The Morgan fingerprint density at radius 3 is 1.09 bits per heavy atom. The van der Waals surface area contributed by atoms with Gasteiger partial charge in [-0.1, -0.05) is 19.7 Å². The normalized spacial score (nSPS) is 37.2. The second-order valence-corrected chi connectivity index (χ2v) is 20.1. The summed E-state index contributed by atoms with van der Waals surface area (Å²) in [6.45, 7) is 14.9. The number of ether oxygens (including phenoxy) is 3. The first-order valence-electron chi connectivity index (χ1n) is 21.5. The van der Waals surface area contributed by atoms with Gasteiger partial charge in [0, 0.05) is 45.6 Å². The summed E-state index contributed by atoms with van der Waals surface area (Å²) in [6, 6.07) is 0. The third kappa shape index (κ3) is 10.4. The highest BCUT2D eigenvalue weighted by Gasteiger charge is 2.86. The van der Waals surface area contributed by atoms with E-state index in [-0.39, 0.29) is 86.5 Å². The van der Waals surface area contributed by atoms with E-state index in [1.165, 1.54) is 21.3 Å². The van der Waals surface area contributed by atoms with Crippen LogP contribution in [0.3, 0.4) is 0 Å². The zero-order valence-corrected chi connectivity index (χ0v) is 39.2. The van der Waals surface area contributed by atoms with Crippen LogP contribution in [0.4, 0.5) is 65.9 Å². The molecule has 3 N–H and O–H groups in total. The molecular formula is C44H57F15O9S. The van der Waals surface area contributed by atoms with Gasteiger partial charge >= 0.3 is 36.4 Å². The number of esters is 3. The lowest BCUT2D eigenvalue weighted by atomic mass is 9.59. The summed E-state index contributed by atoms with van der Waals surface area (Å²) < 4.78 is 208. The van der Waals surface area contributed by atoms with E-state index < -0.39 is 87.3 Å². The molecule has 0 aromatic rings. The number of carbonyl (C=O) groups is 3. The van der Waals surface area contributed by atoms with Crippen LogP contribution in [0.1, 0.15) is 85.0 Å². The van der Waals surface area contributed by atoms with E-state index in [1.807, 2.05) is 0 Å². The van der Waals surface area contributed by atoms with Crippen LogP contribution in [-0.4, -0.2) is 118 Å². The quantitative estimate of drug-likeness (QED) is 0.0823. The molecule has 9 rings (SSSR count). The molecule has 0 aromatic carbocycles. The lowest BCUT2D eigenvalue weighted by Crippen LogP contribution is -2.70. The maximum absolute atomic E-state index is 14.2. The summed E-state index contributed by atoms with van der Waals surface area (Å²) in [5, 5.41) is 25.5. The average Bonchev–Trinajstić information content (AvgIpc) is 4.11. The van der Waals surface area contributed by atoms with Crippen LogP contribution >= 0.6 is 11.8 Å². The number of hydrogen-bond acceptors (Lipinski definition) is 10. The number of rotatable bonds is 3. The standard InChI is InChI=1S/C13H15F5O.C9H11F5O.C7H7F5OS.3C5H8O2/c14-12(15)8-4-7(11(12,19)13(16,17)18)9-5-1-2-6(3-5)10(8)9;10-8(11)6-3-1-5(2-4-6)7(8,15)9(12,13)14;8-6(9)4-2-1-3(14-4)5(6,13)7(10,11)12;3*1-4(2)5(6)7-3/h5-10,19H,1-4H2;5-6,15H,1-4H2;3-4,13H,1-2H2;3*1H2,2-3H3. The number of fused-ring (bicyclic) bond motifs is 14. The number of alkyl halides is 15. The molecule has 0 radical (unpaired) electrons. The molecule has 2 heterocycles. The molecule has 0 amide bonds. The molecule has 398 valence electrons. The van der Waals surface area contributed by atoms with Gasteiger partial charge in [-0.15, -0.1) is 11.8 Å². The van der Waals surface area contributed by atoms with E-state index in [2.05, 4.69) is 33.9 Å². The highest BCUT2D eigenvalue weighted by molar-refractivity contribution is 8.01. The highest BCUT2D eigenvalue weighted by Crippen LogP contribution is 2.75. The first kappa shape index (κ1) is 60.1. The number of halogens is 15. The molecule has 7 saturated carbocycles. The second kappa shape index (κ2) is 20.7. The molecule has 9 aliphatic rings. The topological polar surface area (TPSA) is 140 Å². The minimum absolute atomic E-state index is 0.000926. The lowest BCUT2D eigenvalue weighted by Gasteiger charge is -2.53. The maximum atomic E-state index is 14.2. The van der Waals surface area contributed by atoms with Crippen molar-refractivity contribution < 1.29 is 110 Å². The van der Waals surface area contributed by atoms with Crippen LogP contribution in [0.5, 0.6) is 0 Å². The fraction of sp³-hybridized carbons (Fsp3) is 0.795. The van der Waals surface area contributed by atoms with Gasteiger partial charge in [-0.05, 0) is 109 Å². The van der Waals surface area contributed by atoms with Crippen LogP contribution in [0, 0.1) is 47.3 Å². The Morgan fingerprint density at radius 1 is 0.478 bits per heavy atom. The minimum Gasteiger partial charge on any atom is -0.466 e. The predicted octanol–water partition coefficient (Wildman–Crippen LogP) is 10.4. The number of methoxy groups -OCH3 is 3. The molecule has 2 saturated heterocycles. The molecule has 2 aliphatic heterocycles. The molecule has 9 nitrogen and oxygen atoms in total. The number of carbonyl (C=O) groups excluding carboxylic acids is 3. The molecule has 7 aliphatic carbocycles. The van der Waals surface area contributed by atoms with E-state index in [0.29, 0.717) is 28.5 Å². The Kier molecular flexibility index (Phi) is 18.1. The molecule has 11 unspecified atom stereocenters. The zero-order valence-electron chi connectivity index (χ0n) is 38.3. The number of hydrogen-bond donors (Lipinski definition) is 3. The third-order valence-corrected chi connectivity index (χ3v) is 16.4. The summed E-state index contributed by atoms with van der Waals surface area (Å²) in [6.07, 6.45) is -13.1. The summed E-state index contributed by atoms with van der Waals surface area (Å²) in [5.74, 6) is -18.8. The smallest absolute Gasteiger partial charge is 0.424 e. The van der Waals surface area contributed by atoms with E-state index in [9.17, 15) is 90.5 Å². The SMILES string of the molecule is C=C(C)C(=O)OC.C=C(C)C(=O)OC.C=C(C)C(=O)OC.OC1(C(F)(F)F)C2CC(C3C4CCC(C4)C32)C1(F)F.OC1(C(F)(F)F)C2CCC(CC2)C1(F)F.OC1(C(F)(F)F)C2CCC(S2)C1(F)F. The van der Waals surface area contributed by atoms with Crippen molar-refractivity contribution in [3.63, 3.8) is 0 Å². The van der Waals surface area contributed by atoms with Gasteiger partial charge in [-0.3, -0.25) is 0 Å². The second-order valence-electron chi connectivity index (χ2n) is 18.7. The van der Waals surface area contributed by atoms with Crippen molar-refractivity contribution >= 4 is 29.7 Å². The van der Waals surface area contributed by atoms with Crippen molar-refractivity contribution in [2.75, 3.05) is 21.3 Å². The van der Waals surface area contributed by atoms with Crippen molar-refractivity contribution in [1.29, 1.82) is 0 Å². The molecule has 69 heavy (non-hydrogen) atoms.